The molecule has 0 spiro atoms. The number of carbonyl (C=O) groups is 8. The van der Waals surface area contributed by atoms with E-state index in [4.69, 9.17) is 53.6 Å². The Morgan fingerprint density at radius 1 is 0.412 bits per heavy atom. The number of carboxylic acid groups (broad SMARTS) is 8. The van der Waals surface area contributed by atoms with Crippen LogP contribution in [0.2, 0.25) is 0 Å². The highest BCUT2D eigenvalue weighted by Crippen LogP contribution is 2.30. The molecule has 80 heavy (non-hydrogen) atoms. The van der Waals surface area contributed by atoms with Crippen molar-refractivity contribution in [3.63, 3.8) is 0 Å². The van der Waals surface area contributed by atoms with Crippen molar-refractivity contribution < 1.29 is 89.1 Å². The van der Waals surface area contributed by atoms with Crippen LogP contribution < -0.4 is 22.9 Å². The molecule has 422 valence electrons. The van der Waals surface area contributed by atoms with Crippen molar-refractivity contribution in [1.29, 1.82) is 0 Å². The molecule has 26 heteroatoms. The molecule has 4 unspecified atom stereocenters. The number of non-ortho nitro benzene ring substituents is 2. The smallest absolute Gasteiger partial charge is 0.321 e. The van der Waals surface area contributed by atoms with Gasteiger partial charge in [0.25, 0.3) is 11.4 Å². The molecular weight excluding hydrogens is 1050 g/mol. The molecule has 0 aliphatic carbocycles. The second-order valence-electron chi connectivity index (χ2n) is 17.5. The summed E-state index contributed by atoms with van der Waals surface area (Å²) < 4.78 is 0. The van der Waals surface area contributed by atoms with E-state index in [9.17, 15) is 68.8 Å². The molecule has 6 rings (SSSR count). The van der Waals surface area contributed by atoms with E-state index in [1.165, 1.54) is 36.4 Å². The summed E-state index contributed by atoms with van der Waals surface area (Å²) in [5.41, 5.74) is 24.0. The van der Waals surface area contributed by atoms with Crippen LogP contribution in [0.5, 0.6) is 0 Å². The number of benzene rings is 6. The van der Waals surface area contributed by atoms with Crippen molar-refractivity contribution in [2.75, 3.05) is 0 Å². The molecule has 6 aromatic carbocycles. The molecule has 26 nitrogen and oxygen atoms in total. The fourth-order valence-corrected chi connectivity index (χ4v) is 7.74. The summed E-state index contributed by atoms with van der Waals surface area (Å²) in [6.07, 6.45) is 3.28. The summed E-state index contributed by atoms with van der Waals surface area (Å²) in [7, 11) is 0. The Morgan fingerprint density at radius 2 is 0.812 bits per heavy atom. The molecule has 0 amide bonds. The van der Waals surface area contributed by atoms with E-state index in [1.54, 1.807) is 42.5 Å². The predicted molar refractivity (Wildman–Crippen MR) is 286 cm³/mol. The second-order valence-corrected chi connectivity index (χ2v) is 17.5. The standard InChI is InChI=1S/C15H14N2O6.C15H15NO4.C13H15NO4.C11H12N2O6/c16-13(15(20)21)11(14(18)19)7-8-5-6-12(17(22)23)10-4-2-1-3-9(8)10;16-13(15(19)20)12(14(17)18)8-10-6-3-5-9-4-1-2-7-11(9)10;14-11(13(17)18)10(12(15)16)8-4-7-9-5-2-1-3-6-9;12-9(11(16)17)8(10(14)15)5-6-1-3-7(4-2-6)13(18)19/h1-6,11,13H,7,16H2,(H,18,19)(H,20,21);1-7,12-13H,8,16H2,(H,17,18)(H,19,20);1-7,10-11H,8,14H2,(H,15,16)(H,17,18);1-4,8-9H,5,12H2,(H,14,15)(H,16,17)/b;;7-4+;/t11?,13-;12?,13-;10?,11-;8?,9-/m0000/s1. The van der Waals surface area contributed by atoms with Gasteiger partial charge in [-0.3, -0.25) is 58.6 Å². The van der Waals surface area contributed by atoms with Gasteiger partial charge in [-0.15, -0.1) is 0 Å². The maximum absolute atomic E-state index is 11.3. The van der Waals surface area contributed by atoms with Gasteiger partial charge < -0.3 is 63.8 Å². The molecule has 8 atom stereocenters. The maximum Gasteiger partial charge on any atom is 0.321 e. The number of nitrogens with two attached hydrogens (primary N) is 4. The first-order valence-electron chi connectivity index (χ1n) is 23.6. The normalized spacial score (nSPS) is 13.8. The fraction of sp³-hybridized carbons (Fsp3) is 0.222. The Hall–Kier alpha value is -10.0. The molecule has 0 saturated heterocycles. The first-order chi connectivity index (χ1) is 37.7. The van der Waals surface area contributed by atoms with Gasteiger partial charge in [-0.2, -0.15) is 0 Å². The van der Waals surface area contributed by atoms with Crippen molar-refractivity contribution in [2.45, 2.75) is 49.9 Å². The summed E-state index contributed by atoms with van der Waals surface area (Å²) >= 11 is 0. The minimum absolute atomic E-state index is 0.0810. The average Bonchev–Trinajstić information content (AvgIpc) is 3.52. The van der Waals surface area contributed by atoms with Gasteiger partial charge in [0.2, 0.25) is 0 Å². The molecule has 0 radical (unpaired) electrons. The number of hydrogen-bond acceptors (Lipinski definition) is 16. The van der Waals surface area contributed by atoms with E-state index in [2.05, 4.69) is 0 Å². The van der Waals surface area contributed by atoms with Gasteiger partial charge in [0.05, 0.1) is 38.9 Å². The number of nitro benzene ring substituents is 2. The summed E-state index contributed by atoms with van der Waals surface area (Å²) in [4.78, 5) is 108. The Bertz CT molecular complexity index is 3220. The summed E-state index contributed by atoms with van der Waals surface area (Å²) in [6.45, 7) is 0. The van der Waals surface area contributed by atoms with Crippen LogP contribution in [-0.4, -0.2) is 123 Å². The van der Waals surface area contributed by atoms with Crippen LogP contribution in [0.15, 0.2) is 140 Å². The van der Waals surface area contributed by atoms with Crippen LogP contribution in [0.1, 0.15) is 28.7 Å². The topological polar surface area (TPSA) is 489 Å². The molecule has 0 bridgehead atoms. The Balaban J connectivity index is 0.000000281. The first-order valence-corrected chi connectivity index (χ1v) is 23.6. The Morgan fingerprint density at radius 3 is 1.26 bits per heavy atom. The molecule has 6 aromatic rings. The molecule has 0 fully saturated rings. The van der Waals surface area contributed by atoms with E-state index in [1.807, 2.05) is 66.7 Å². The SMILES string of the molecule is N[C@H](C(=O)O)C(C/C=C/c1ccccc1)C(=O)O.N[C@H](C(=O)O)C(Cc1ccc([N+](=O)[O-])c2ccccc12)C(=O)O.N[C@H](C(=O)O)C(Cc1ccc([N+](=O)[O-])cc1)C(=O)O.N[C@H](C(=O)O)C(Cc1cccc2ccccc12)C(=O)O. The van der Waals surface area contributed by atoms with Crippen LogP contribution in [0.25, 0.3) is 27.6 Å². The van der Waals surface area contributed by atoms with Gasteiger partial charge in [-0.25, -0.2) is 0 Å². The van der Waals surface area contributed by atoms with Crippen LogP contribution >= 0.6 is 0 Å². The average molecular weight is 1110 g/mol. The molecule has 16 N–H and O–H groups in total. The van der Waals surface area contributed by atoms with E-state index >= 15 is 0 Å². The third kappa shape index (κ3) is 18.9. The summed E-state index contributed by atoms with van der Waals surface area (Å²) in [6, 6.07) is 30.9. The van der Waals surface area contributed by atoms with Crippen molar-refractivity contribution in [3.8, 4) is 0 Å². The minimum atomic E-state index is -1.57. The zero-order valence-corrected chi connectivity index (χ0v) is 42.0. The Labute approximate surface area is 453 Å². The number of allylic oxidation sites excluding steroid dienone is 1. The lowest BCUT2D eigenvalue weighted by atomic mass is 9.90. The van der Waals surface area contributed by atoms with Crippen LogP contribution in [-0.2, 0) is 57.6 Å². The number of aliphatic carboxylic acids is 8. The Kier molecular flexibility index (Phi) is 24.6. The maximum atomic E-state index is 11.3. The van der Waals surface area contributed by atoms with Crippen molar-refractivity contribution in [1.82, 2.24) is 0 Å². The molecule has 0 aromatic heterocycles. The number of hydrogen-bond donors (Lipinski definition) is 12. The van der Waals surface area contributed by atoms with Crippen LogP contribution in [0, 0.1) is 43.9 Å². The van der Waals surface area contributed by atoms with Crippen molar-refractivity contribution >= 4 is 86.8 Å². The lowest BCUT2D eigenvalue weighted by Gasteiger charge is -2.17. The number of fused-ring (bicyclic) bond motifs is 2. The summed E-state index contributed by atoms with van der Waals surface area (Å²) in [5, 5.41) is 95.8. The van der Waals surface area contributed by atoms with Crippen LogP contribution in [0.4, 0.5) is 11.4 Å². The van der Waals surface area contributed by atoms with E-state index < -0.39 is 105 Å². The number of rotatable bonds is 23. The highest BCUT2D eigenvalue weighted by Gasteiger charge is 2.34. The molecule has 0 aliphatic rings. The van der Waals surface area contributed by atoms with Gasteiger partial charge in [0, 0.05) is 18.2 Å². The van der Waals surface area contributed by atoms with Gasteiger partial charge in [-0.1, -0.05) is 121 Å². The molecule has 0 aliphatic heterocycles. The largest absolute Gasteiger partial charge is 0.481 e. The minimum Gasteiger partial charge on any atom is -0.481 e. The zero-order chi connectivity index (χ0) is 60.0. The fourth-order valence-electron chi connectivity index (χ4n) is 7.74. The van der Waals surface area contributed by atoms with Gasteiger partial charge >= 0.3 is 47.8 Å². The highest BCUT2D eigenvalue weighted by molar-refractivity contribution is 5.94. The van der Waals surface area contributed by atoms with E-state index in [0.29, 0.717) is 21.9 Å². The quantitative estimate of drug-likeness (QED) is 0.0313. The molecular formula is C54H56N6O20. The van der Waals surface area contributed by atoms with Crippen molar-refractivity contribution in [2.24, 2.45) is 46.6 Å². The van der Waals surface area contributed by atoms with Gasteiger partial charge in [0.1, 0.15) is 24.2 Å². The van der Waals surface area contributed by atoms with Gasteiger partial charge in [0.15, 0.2) is 0 Å². The first kappa shape index (κ1) is 64.3. The lowest BCUT2D eigenvalue weighted by Crippen LogP contribution is -2.43. The number of carboxylic acids is 8. The van der Waals surface area contributed by atoms with Crippen molar-refractivity contribution in [3.05, 3.63) is 182 Å². The monoisotopic (exact) mass is 1110 g/mol. The van der Waals surface area contributed by atoms with Crippen LogP contribution in [0.3, 0.4) is 0 Å². The number of nitrogens with zero attached hydrogens (tertiary/aromatic N) is 2. The van der Waals surface area contributed by atoms with E-state index in [-0.39, 0.29) is 37.1 Å². The van der Waals surface area contributed by atoms with Gasteiger partial charge in [-0.05, 0) is 70.2 Å². The lowest BCUT2D eigenvalue weighted by molar-refractivity contribution is -0.384. The predicted octanol–water partition coefficient (Wildman–Crippen LogP) is 4.35. The second kappa shape index (κ2) is 30.7. The zero-order valence-electron chi connectivity index (χ0n) is 42.0. The summed E-state index contributed by atoms with van der Waals surface area (Å²) in [5.74, 6) is -15.4. The molecule has 0 saturated carbocycles. The number of nitro groups is 2. The third-order valence-electron chi connectivity index (χ3n) is 12.2. The molecule has 0 heterocycles. The third-order valence-corrected chi connectivity index (χ3v) is 12.2. The van der Waals surface area contributed by atoms with E-state index in [0.717, 1.165) is 21.9 Å². The highest BCUT2D eigenvalue weighted by atomic mass is 16.6.